The Morgan fingerprint density at radius 1 is 1.33 bits per heavy atom. The van der Waals surface area contributed by atoms with Crippen molar-refractivity contribution in [1.82, 2.24) is 4.90 Å². The molecule has 0 aliphatic heterocycles. The molecular weight excluding hydrogens is 234 g/mol. The van der Waals surface area contributed by atoms with Crippen molar-refractivity contribution < 1.29 is 19.1 Å². The van der Waals surface area contributed by atoms with Gasteiger partial charge in [0.25, 0.3) is 0 Å². The zero-order valence-corrected chi connectivity index (χ0v) is 10.9. The first kappa shape index (κ1) is 14.5. The van der Waals surface area contributed by atoms with Gasteiger partial charge in [-0.25, -0.2) is 9.59 Å². The number of carbonyl (C=O) groups is 2. The van der Waals surface area contributed by atoms with Crippen molar-refractivity contribution in [3.05, 3.63) is 12.7 Å². The average Bonchev–Trinajstić information content (AvgIpc) is 2.43. The van der Waals surface area contributed by atoms with Gasteiger partial charge < -0.3 is 14.4 Å². The second kappa shape index (κ2) is 7.74. The summed E-state index contributed by atoms with van der Waals surface area (Å²) in [7, 11) is 1.37. The maximum Gasteiger partial charge on any atom is 0.409 e. The highest BCUT2D eigenvalue weighted by molar-refractivity contribution is 5.81. The van der Waals surface area contributed by atoms with Crippen LogP contribution >= 0.6 is 0 Å². The standard InChI is InChI=1S/C13H21NO4/c1-3-12(15)18-10-9-14(13(16)17-2)11-7-5-4-6-8-11/h3,11H,1,4-10H2,2H3. The molecule has 1 aliphatic carbocycles. The lowest BCUT2D eigenvalue weighted by Gasteiger charge is -2.32. The molecule has 1 fully saturated rings. The van der Waals surface area contributed by atoms with Crippen LogP contribution in [0.5, 0.6) is 0 Å². The second-order valence-corrected chi connectivity index (χ2v) is 4.33. The van der Waals surface area contributed by atoms with Gasteiger partial charge in [0.2, 0.25) is 0 Å². The van der Waals surface area contributed by atoms with E-state index in [1.807, 2.05) is 0 Å². The summed E-state index contributed by atoms with van der Waals surface area (Å²) in [5.41, 5.74) is 0. The van der Waals surface area contributed by atoms with Crippen LogP contribution in [0.15, 0.2) is 12.7 Å². The third kappa shape index (κ3) is 4.39. The normalized spacial score (nSPS) is 15.8. The molecule has 102 valence electrons. The summed E-state index contributed by atoms with van der Waals surface area (Å²) in [5, 5.41) is 0. The monoisotopic (exact) mass is 255 g/mol. The number of hydrogen-bond donors (Lipinski definition) is 0. The summed E-state index contributed by atoms with van der Waals surface area (Å²) in [5.74, 6) is -0.469. The summed E-state index contributed by atoms with van der Waals surface area (Å²) >= 11 is 0. The average molecular weight is 255 g/mol. The molecule has 0 atom stereocenters. The van der Waals surface area contributed by atoms with Crippen molar-refractivity contribution in [1.29, 1.82) is 0 Å². The Bertz CT molecular complexity index is 297. The molecule has 0 aromatic carbocycles. The number of hydrogen-bond acceptors (Lipinski definition) is 4. The Morgan fingerprint density at radius 2 is 2.00 bits per heavy atom. The Kier molecular flexibility index (Phi) is 6.25. The van der Waals surface area contributed by atoms with Gasteiger partial charge in [0.05, 0.1) is 13.7 Å². The maximum atomic E-state index is 11.7. The van der Waals surface area contributed by atoms with Gasteiger partial charge >= 0.3 is 12.1 Å². The summed E-state index contributed by atoms with van der Waals surface area (Å²) in [6.45, 7) is 3.87. The van der Waals surface area contributed by atoms with Crippen LogP contribution in [0.4, 0.5) is 4.79 Å². The molecule has 1 amide bonds. The van der Waals surface area contributed by atoms with Crippen molar-refractivity contribution in [2.45, 2.75) is 38.1 Å². The fourth-order valence-corrected chi connectivity index (χ4v) is 2.24. The van der Waals surface area contributed by atoms with E-state index in [0.717, 1.165) is 31.8 Å². The summed E-state index contributed by atoms with van der Waals surface area (Å²) in [6, 6.07) is 0.202. The molecule has 0 bridgehead atoms. The summed E-state index contributed by atoms with van der Waals surface area (Å²) in [4.78, 5) is 24.3. The molecule has 18 heavy (non-hydrogen) atoms. The SMILES string of the molecule is C=CC(=O)OCCN(C(=O)OC)C1CCCCC1. The van der Waals surface area contributed by atoms with E-state index in [4.69, 9.17) is 9.47 Å². The van der Waals surface area contributed by atoms with E-state index in [9.17, 15) is 9.59 Å². The van der Waals surface area contributed by atoms with E-state index >= 15 is 0 Å². The molecule has 5 heteroatoms. The van der Waals surface area contributed by atoms with E-state index in [2.05, 4.69) is 6.58 Å². The number of methoxy groups -OCH3 is 1. The molecule has 0 unspecified atom stereocenters. The van der Waals surface area contributed by atoms with Crippen LogP contribution in [0.25, 0.3) is 0 Å². The molecule has 0 N–H and O–H groups in total. The lowest BCUT2D eigenvalue weighted by Crippen LogP contribution is -2.43. The number of esters is 1. The van der Waals surface area contributed by atoms with Crippen LogP contribution in [-0.2, 0) is 14.3 Å². The van der Waals surface area contributed by atoms with Gasteiger partial charge in [0.1, 0.15) is 6.61 Å². The van der Waals surface area contributed by atoms with Gasteiger partial charge in [0.15, 0.2) is 0 Å². The number of rotatable bonds is 5. The van der Waals surface area contributed by atoms with Gasteiger partial charge in [-0.3, -0.25) is 0 Å². The number of ether oxygens (including phenoxy) is 2. The topological polar surface area (TPSA) is 55.8 Å². The molecule has 0 radical (unpaired) electrons. The minimum absolute atomic E-state index is 0.177. The van der Waals surface area contributed by atoms with Crippen molar-refractivity contribution >= 4 is 12.1 Å². The van der Waals surface area contributed by atoms with Crippen molar-refractivity contribution in [3.8, 4) is 0 Å². The predicted octanol–water partition coefficient (Wildman–Crippen LogP) is 2.12. The van der Waals surface area contributed by atoms with E-state index in [1.54, 1.807) is 4.90 Å². The molecule has 0 spiro atoms. The van der Waals surface area contributed by atoms with Crippen LogP contribution in [0.1, 0.15) is 32.1 Å². The summed E-state index contributed by atoms with van der Waals surface area (Å²) in [6.07, 6.45) is 6.22. The van der Waals surface area contributed by atoms with Gasteiger partial charge in [0, 0.05) is 12.1 Å². The Balaban J connectivity index is 2.47. The minimum atomic E-state index is -0.469. The molecular formula is C13H21NO4. The van der Waals surface area contributed by atoms with Crippen molar-refractivity contribution in [2.75, 3.05) is 20.3 Å². The van der Waals surface area contributed by atoms with Crippen LogP contribution in [0.2, 0.25) is 0 Å². The molecule has 0 heterocycles. The fourth-order valence-electron chi connectivity index (χ4n) is 2.24. The van der Waals surface area contributed by atoms with Crippen LogP contribution < -0.4 is 0 Å². The first-order valence-electron chi connectivity index (χ1n) is 6.32. The Morgan fingerprint density at radius 3 is 2.56 bits per heavy atom. The first-order valence-corrected chi connectivity index (χ1v) is 6.32. The van der Waals surface area contributed by atoms with Gasteiger partial charge in [-0.05, 0) is 12.8 Å². The maximum absolute atomic E-state index is 11.7. The Hall–Kier alpha value is -1.52. The zero-order valence-electron chi connectivity index (χ0n) is 10.9. The molecule has 0 saturated heterocycles. The number of amides is 1. The molecule has 0 aromatic rings. The molecule has 1 rings (SSSR count). The molecule has 1 saturated carbocycles. The van der Waals surface area contributed by atoms with E-state index < -0.39 is 5.97 Å². The highest BCUT2D eigenvalue weighted by atomic mass is 16.5. The first-order chi connectivity index (χ1) is 8.69. The van der Waals surface area contributed by atoms with Crippen molar-refractivity contribution in [3.63, 3.8) is 0 Å². The highest BCUT2D eigenvalue weighted by Crippen LogP contribution is 2.22. The van der Waals surface area contributed by atoms with Crippen LogP contribution in [0.3, 0.4) is 0 Å². The smallest absolute Gasteiger partial charge is 0.409 e. The largest absolute Gasteiger partial charge is 0.461 e. The molecule has 5 nitrogen and oxygen atoms in total. The summed E-state index contributed by atoms with van der Waals surface area (Å²) < 4.78 is 9.68. The van der Waals surface area contributed by atoms with Gasteiger partial charge in [-0.15, -0.1) is 0 Å². The van der Waals surface area contributed by atoms with Crippen LogP contribution in [0, 0.1) is 0 Å². The predicted molar refractivity (Wildman–Crippen MR) is 67.1 cm³/mol. The Labute approximate surface area is 108 Å². The van der Waals surface area contributed by atoms with Gasteiger partial charge in [-0.2, -0.15) is 0 Å². The zero-order chi connectivity index (χ0) is 13.4. The van der Waals surface area contributed by atoms with Crippen molar-refractivity contribution in [2.24, 2.45) is 0 Å². The second-order valence-electron chi connectivity index (χ2n) is 4.33. The van der Waals surface area contributed by atoms with E-state index in [-0.39, 0.29) is 18.7 Å². The van der Waals surface area contributed by atoms with E-state index in [0.29, 0.717) is 6.54 Å². The lowest BCUT2D eigenvalue weighted by molar-refractivity contribution is -0.138. The van der Waals surface area contributed by atoms with E-state index in [1.165, 1.54) is 13.5 Å². The highest BCUT2D eigenvalue weighted by Gasteiger charge is 2.25. The van der Waals surface area contributed by atoms with Gasteiger partial charge in [-0.1, -0.05) is 25.8 Å². The molecule has 1 aliphatic rings. The lowest BCUT2D eigenvalue weighted by atomic mass is 9.94. The fraction of sp³-hybridized carbons (Fsp3) is 0.692. The third-order valence-electron chi connectivity index (χ3n) is 3.17. The molecule has 0 aromatic heterocycles. The quantitative estimate of drug-likeness (QED) is 0.557. The minimum Gasteiger partial charge on any atom is -0.461 e. The van der Waals surface area contributed by atoms with Crippen LogP contribution in [-0.4, -0.2) is 43.3 Å². The number of nitrogens with zero attached hydrogens (tertiary/aromatic N) is 1. The number of carbonyl (C=O) groups excluding carboxylic acids is 2. The third-order valence-corrected chi connectivity index (χ3v) is 3.17.